The van der Waals surface area contributed by atoms with E-state index in [1.165, 1.54) is 0 Å². The minimum absolute atomic E-state index is 0.171. The van der Waals surface area contributed by atoms with Gasteiger partial charge in [0.2, 0.25) is 0 Å². The molecule has 4 heteroatoms. The standard InChI is InChI=1S/C11H13ClN2O/c1-7(2)6-9-13-11(12)10-8(15)4-3-5-14(9)10/h3-5,7,15H,6H2,1-2H3. The highest BCUT2D eigenvalue weighted by Crippen LogP contribution is 2.27. The fourth-order valence-corrected chi connectivity index (χ4v) is 1.93. The molecule has 1 N–H and O–H groups in total. The number of aromatic hydroxyl groups is 1. The molecule has 2 rings (SSSR count). The molecule has 0 unspecified atom stereocenters. The van der Waals surface area contributed by atoms with Crippen molar-refractivity contribution in [3.63, 3.8) is 0 Å². The van der Waals surface area contributed by atoms with Crippen molar-refractivity contribution < 1.29 is 5.11 Å². The summed E-state index contributed by atoms with van der Waals surface area (Å²) in [4.78, 5) is 4.26. The number of pyridine rings is 1. The van der Waals surface area contributed by atoms with Crippen LogP contribution in [0.3, 0.4) is 0 Å². The average molecular weight is 225 g/mol. The zero-order valence-electron chi connectivity index (χ0n) is 8.74. The zero-order chi connectivity index (χ0) is 11.0. The molecule has 0 aliphatic rings. The monoisotopic (exact) mass is 224 g/mol. The fourth-order valence-electron chi connectivity index (χ4n) is 1.65. The molecule has 0 atom stereocenters. The highest BCUT2D eigenvalue weighted by atomic mass is 35.5. The molecule has 0 radical (unpaired) electrons. The van der Waals surface area contributed by atoms with Gasteiger partial charge in [0.1, 0.15) is 17.1 Å². The van der Waals surface area contributed by atoms with Crippen molar-refractivity contribution in [3.05, 3.63) is 29.3 Å². The zero-order valence-corrected chi connectivity index (χ0v) is 9.49. The Bertz CT molecular complexity index is 491. The molecule has 0 saturated heterocycles. The van der Waals surface area contributed by atoms with Crippen molar-refractivity contribution in [2.75, 3.05) is 0 Å². The summed E-state index contributed by atoms with van der Waals surface area (Å²) in [6.07, 6.45) is 2.71. The van der Waals surface area contributed by atoms with Gasteiger partial charge in [-0.15, -0.1) is 0 Å². The van der Waals surface area contributed by atoms with Crippen LogP contribution in [-0.4, -0.2) is 14.5 Å². The summed E-state index contributed by atoms with van der Waals surface area (Å²) < 4.78 is 1.84. The van der Waals surface area contributed by atoms with Crippen molar-refractivity contribution in [3.8, 4) is 5.75 Å². The highest BCUT2D eigenvalue weighted by Gasteiger charge is 2.13. The van der Waals surface area contributed by atoms with Gasteiger partial charge in [-0.3, -0.25) is 4.40 Å². The topological polar surface area (TPSA) is 37.5 Å². The van der Waals surface area contributed by atoms with Gasteiger partial charge in [0.05, 0.1) is 0 Å². The third-order valence-electron chi connectivity index (χ3n) is 2.26. The molecule has 2 aromatic heterocycles. The number of halogens is 1. The normalized spacial score (nSPS) is 11.5. The van der Waals surface area contributed by atoms with E-state index in [2.05, 4.69) is 18.8 Å². The number of fused-ring (bicyclic) bond motifs is 1. The molecule has 0 bridgehead atoms. The maximum absolute atomic E-state index is 9.65. The molecular weight excluding hydrogens is 212 g/mol. The molecule has 0 aliphatic heterocycles. The molecule has 3 nitrogen and oxygen atoms in total. The summed E-state index contributed by atoms with van der Waals surface area (Å²) in [5.74, 6) is 1.57. The molecule has 2 aromatic rings. The van der Waals surface area contributed by atoms with E-state index in [-0.39, 0.29) is 5.75 Å². The first-order valence-corrected chi connectivity index (χ1v) is 5.32. The highest BCUT2D eigenvalue weighted by molar-refractivity contribution is 6.33. The number of imidazole rings is 1. The van der Waals surface area contributed by atoms with Gasteiger partial charge in [0.25, 0.3) is 0 Å². The second kappa shape index (κ2) is 3.74. The van der Waals surface area contributed by atoms with Crippen molar-refractivity contribution >= 4 is 17.1 Å². The SMILES string of the molecule is CC(C)Cc1nc(Cl)c2c(O)cccn12. The molecule has 80 valence electrons. The summed E-state index contributed by atoms with van der Waals surface area (Å²) in [5, 5.41) is 10.0. The van der Waals surface area contributed by atoms with E-state index < -0.39 is 0 Å². The Morgan fingerprint density at radius 1 is 1.53 bits per heavy atom. The fraction of sp³-hybridized carbons (Fsp3) is 0.364. The van der Waals surface area contributed by atoms with E-state index >= 15 is 0 Å². The van der Waals surface area contributed by atoms with Crippen LogP contribution in [0.2, 0.25) is 5.15 Å². The van der Waals surface area contributed by atoms with Crippen LogP contribution in [0.25, 0.3) is 5.52 Å². The summed E-state index contributed by atoms with van der Waals surface area (Å²) >= 11 is 5.97. The lowest BCUT2D eigenvalue weighted by Crippen LogP contribution is -1.99. The molecular formula is C11H13ClN2O. The maximum Gasteiger partial charge on any atom is 0.158 e. The van der Waals surface area contributed by atoms with Crippen molar-refractivity contribution in [1.82, 2.24) is 9.38 Å². The Morgan fingerprint density at radius 2 is 2.27 bits per heavy atom. The number of aromatic nitrogens is 2. The van der Waals surface area contributed by atoms with Crippen molar-refractivity contribution in [2.45, 2.75) is 20.3 Å². The van der Waals surface area contributed by atoms with Gasteiger partial charge in [-0.25, -0.2) is 4.98 Å². The third-order valence-corrected chi connectivity index (χ3v) is 2.53. The van der Waals surface area contributed by atoms with Crippen LogP contribution in [0.5, 0.6) is 5.75 Å². The van der Waals surface area contributed by atoms with Crippen LogP contribution in [0.4, 0.5) is 0 Å². The van der Waals surface area contributed by atoms with E-state index in [1.54, 1.807) is 12.1 Å². The molecule has 0 saturated carbocycles. The summed E-state index contributed by atoms with van der Waals surface area (Å²) in [6, 6.07) is 3.40. The summed E-state index contributed by atoms with van der Waals surface area (Å²) in [5.41, 5.74) is 0.592. The Morgan fingerprint density at radius 3 is 2.93 bits per heavy atom. The van der Waals surface area contributed by atoms with Gasteiger partial charge in [-0.1, -0.05) is 25.4 Å². The smallest absolute Gasteiger partial charge is 0.158 e. The second-order valence-electron chi connectivity index (χ2n) is 4.03. The Hall–Kier alpha value is -1.22. The third kappa shape index (κ3) is 1.79. The molecule has 0 amide bonds. The van der Waals surface area contributed by atoms with Gasteiger partial charge in [-0.05, 0) is 18.1 Å². The lowest BCUT2D eigenvalue weighted by molar-refractivity contribution is 0.478. The van der Waals surface area contributed by atoms with E-state index in [9.17, 15) is 5.11 Å². The number of rotatable bonds is 2. The largest absolute Gasteiger partial charge is 0.506 e. The number of nitrogens with zero attached hydrogens (tertiary/aromatic N) is 2. The minimum atomic E-state index is 0.171. The van der Waals surface area contributed by atoms with Crippen molar-refractivity contribution in [1.29, 1.82) is 0 Å². The molecule has 2 heterocycles. The summed E-state index contributed by atoms with van der Waals surface area (Å²) in [6.45, 7) is 4.25. The van der Waals surface area contributed by atoms with Crippen molar-refractivity contribution in [2.24, 2.45) is 5.92 Å². The lowest BCUT2D eigenvalue weighted by atomic mass is 10.1. The molecule has 0 spiro atoms. The van der Waals surface area contributed by atoms with Crippen LogP contribution >= 0.6 is 11.6 Å². The van der Waals surface area contributed by atoms with E-state index in [4.69, 9.17) is 11.6 Å². The van der Waals surface area contributed by atoms with Gasteiger partial charge < -0.3 is 5.11 Å². The number of hydrogen-bond donors (Lipinski definition) is 1. The first kappa shape index (κ1) is 10.3. The average Bonchev–Trinajstić information content (AvgIpc) is 2.44. The quantitative estimate of drug-likeness (QED) is 0.852. The van der Waals surface area contributed by atoms with Crippen LogP contribution in [0, 0.1) is 5.92 Å². The van der Waals surface area contributed by atoms with E-state index in [0.29, 0.717) is 16.6 Å². The van der Waals surface area contributed by atoms with Crippen LogP contribution in [0.15, 0.2) is 18.3 Å². The van der Waals surface area contributed by atoms with E-state index in [1.807, 2.05) is 10.6 Å². The predicted octanol–water partition coefficient (Wildman–Crippen LogP) is 2.89. The summed E-state index contributed by atoms with van der Waals surface area (Å²) in [7, 11) is 0. The maximum atomic E-state index is 9.65. The van der Waals surface area contributed by atoms with Crippen LogP contribution in [0.1, 0.15) is 19.7 Å². The Labute approximate surface area is 93.3 Å². The minimum Gasteiger partial charge on any atom is -0.506 e. The van der Waals surface area contributed by atoms with Crippen LogP contribution < -0.4 is 0 Å². The van der Waals surface area contributed by atoms with Gasteiger partial charge in [0, 0.05) is 12.6 Å². The van der Waals surface area contributed by atoms with Gasteiger partial charge in [0.15, 0.2) is 5.15 Å². The molecule has 0 fully saturated rings. The van der Waals surface area contributed by atoms with Gasteiger partial charge in [-0.2, -0.15) is 0 Å². The molecule has 15 heavy (non-hydrogen) atoms. The number of hydrogen-bond acceptors (Lipinski definition) is 2. The predicted molar refractivity (Wildman–Crippen MR) is 60.4 cm³/mol. The Balaban J connectivity index is 2.63. The van der Waals surface area contributed by atoms with Gasteiger partial charge >= 0.3 is 0 Å². The Kier molecular flexibility index (Phi) is 2.57. The molecule has 0 aliphatic carbocycles. The van der Waals surface area contributed by atoms with Crippen LogP contribution in [-0.2, 0) is 6.42 Å². The van der Waals surface area contributed by atoms with E-state index in [0.717, 1.165) is 12.2 Å². The lowest BCUT2D eigenvalue weighted by Gasteiger charge is -2.03. The molecule has 0 aromatic carbocycles. The first-order chi connectivity index (χ1) is 7.09. The second-order valence-corrected chi connectivity index (χ2v) is 4.39. The first-order valence-electron chi connectivity index (χ1n) is 4.94.